The number of esters is 1. The Bertz CT molecular complexity index is 315. The van der Waals surface area contributed by atoms with E-state index in [0.717, 1.165) is 23.7 Å². The number of nitrogens with one attached hydrogen (secondary N) is 1. The Morgan fingerprint density at radius 2 is 2.20 bits per heavy atom. The number of hydrogen-bond acceptors (Lipinski definition) is 5. The van der Waals surface area contributed by atoms with Crippen LogP contribution in [0.1, 0.15) is 24.4 Å². The van der Waals surface area contributed by atoms with Gasteiger partial charge in [0.1, 0.15) is 6.54 Å². The van der Waals surface area contributed by atoms with E-state index >= 15 is 0 Å². The molecule has 0 amide bonds. The van der Waals surface area contributed by atoms with E-state index in [4.69, 9.17) is 0 Å². The monoisotopic (exact) mass is 228 g/mol. The Morgan fingerprint density at radius 3 is 2.67 bits per heavy atom. The largest absolute Gasteiger partial charge is 0.468 e. The molecule has 1 rings (SSSR count). The molecule has 0 saturated carbocycles. The second-order valence-electron chi connectivity index (χ2n) is 3.03. The number of aryl methyl sites for hydroxylation is 2. The van der Waals surface area contributed by atoms with E-state index in [-0.39, 0.29) is 12.5 Å². The van der Waals surface area contributed by atoms with Gasteiger partial charge >= 0.3 is 5.97 Å². The van der Waals surface area contributed by atoms with Gasteiger partial charge in [0, 0.05) is 4.88 Å². The average Bonchev–Trinajstić information content (AvgIpc) is 2.68. The van der Waals surface area contributed by atoms with Crippen molar-refractivity contribution in [3.8, 4) is 0 Å². The number of thiazole rings is 1. The summed E-state index contributed by atoms with van der Waals surface area (Å²) in [5.74, 6) is -0.277. The van der Waals surface area contributed by atoms with Crippen LogP contribution < -0.4 is 5.32 Å². The minimum absolute atomic E-state index is 0.177. The Kier molecular flexibility index (Phi) is 4.55. The number of rotatable bonds is 5. The van der Waals surface area contributed by atoms with E-state index in [1.54, 1.807) is 11.3 Å². The van der Waals surface area contributed by atoms with Gasteiger partial charge in [-0.05, 0) is 12.8 Å². The highest BCUT2D eigenvalue weighted by atomic mass is 32.1. The lowest BCUT2D eigenvalue weighted by Crippen LogP contribution is -2.14. The zero-order valence-electron chi connectivity index (χ0n) is 9.29. The summed E-state index contributed by atoms with van der Waals surface area (Å²) in [6, 6.07) is 0. The molecule has 0 radical (unpaired) electrons. The maximum absolute atomic E-state index is 10.9. The number of carbonyl (C=O) groups is 1. The summed E-state index contributed by atoms with van der Waals surface area (Å²) in [4.78, 5) is 16.6. The van der Waals surface area contributed by atoms with Crippen molar-refractivity contribution >= 4 is 22.4 Å². The molecule has 1 aromatic heterocycles. The first kappa shape index (κ1) is 12.0. The van der Waals surface area contributed by atoms with E-state index in [1.807, 2.05) is 0 Å². The molecular weight excluding hydrogens is 212 g/mol. The van der Waals surface area contributed by atoms with E-state index in [0.29, 0.717) is 0 Å². The van der Waals surface area contributed by atoms with Crippen LogP contribution in [0.15, 0.2) is 0 Å². The Balaban J connectivity index is 2.62. The van der Waals surface area contributed by atoms with Crippen molar-refractivity contribution in [1.82, 2.24) is 4.98 Å². The maximum Gasteiger partial charge on any atom is 0.325 e. The molecule has 1 heterocycles. The zero-order valence-corrected chi connectivity index (χ0v) is 10.1. The fraction of sp³-hybridized carbons (Fsp3) is 0.600. The molecule has 5 heteroatoms. The summed E-state index contributed by atoms with van der Waals surface area (Å²) < 4.78 is 4.54. The highest BCUT2D eigenvalue weighted by molar-refractivity contribution is 7.15. The fourth-order valence-electron chi connectivity index (χ4n) is 1.23. The highest BCUT2D eigenvalue weighted by Gasteiger charge is 2.08. The van der Waals surface area contributed by atoms with Crippen LogP contribution in [0, 0.1) is 0 Å². The molecular formula is C10H16N2O2S. The van der Waals surface area contributed by atoms with Gasteiger partial charge in [-0.15, -0.1) is 11.3 Å². The van der Waals surface area contributed by atoms with Gasteiger partial charge < -0.3 is 10.1 Å². The molecule has 0 unspecified atom stereocenters. The molecule has 0 fully saturated rings. The average molecular weight is 228 g/mol. The molecule has 0 bridgehead atoms. The standard InChI is InChI=1S/C10H16N2O2S/c1-4-7-8(5-2)15-10(12-7)11-6-9(13)14-3/h4-6H2,1-3H3,(H,11,12). The predicted octanol–water partition coefficient (Wildman–Crippen LogP) is 1.85. The number of hydrogen-bond donors (Lipinski definition) is 1. The van der Waals surface area contributed by atoms with Gasteiger partial charge in [-0.25, -0.2) is 4.98 Å². The van der Waals surface area contributed by atoms with E-state index in [2.05, 4.69) is 28.9 Å². The Labute approximate surface area is 93.7 Å². The highest BCUT2D eigenvalue weighted by Crippen LogP contribution is 2.23. The summed E-state index contributed by atoms with van der Waals surface area (Å²) in [6.45, 7) is 4.37. The summed E-state index contributed by atoms with van der Waals surface area (Å²) in [5, 5.41) is 3.76. The van der Waals surface area contributed by atoms with Crippen molar-refractivity contribution in [1.29, 1.82) is 0 Å². The van der Waals surface area contributed by atoms with Crippen LogP contribution in [-0.2, 0) is 22.4 Å². The van der Waals surface area contributed by atoms with Crippen LogP contribution in [-0.4, -0.2) is 24.6 Å². The normalized spacial score (nSPS) is 10.1. The molecule has 15 heavy (non-hydrogen) atoms. The van der Waals surface area contributed by atoms with Crippen molar-refractivity contribution < 1.29 is 9.53 Å². The Hall–Kier alpha value is -1.10. The molecule has 0 atom stereocenters. The van der Waals surface area contributed by atoms with Gasteiger partial charge in [0.15, 0.2) is 5.13 Å². The van der Waals surface area contributed by atoms with Gasteiger partial charge in [0.2, 0.25) is 0 Å². The third kappa shape index (κ3) is 3.20. The number of aromatic nitrogens is 1. The molecule has 0 aromatic carbocycles. The van der Waals surface area contributed by atoms with Crippen molar-refractivity contribution in [2.75, 3.05) is 19.0 Å². The SMILES string of the molecule is CCc1nc(NCC(=O)OC)sc1CC. The van der Waals surface area contributed by atoms with Gasteiger partial charge in [0.05, 0.1) is 12.8 Å². The number of nitrogens with zero attached hydrogens (tertiary/aromatic N) is 1. The van der Waals surface area contributed by atoms with E-state index in [1.165, 1.54) is 12.0 Å². The number of methoxy groups -OCH3 is 1. The quantitative estimate of drug-likeness (QED) is 0.781. The lowest BCUT2D eigenvalue weighted by molar-refractivity contribution is -0.138. The second kappa shape index (κ2) is 5.70. The van der Waals surface area contributed by atoms with Crippen LogP contribution in [0.4, 0.5) is 5.13 Å². The molecule has 1 aromatic rings. The molecule has 0 spiro atoms. The Morgan fingerprint density at radius 1 is 1.47 bits per heavy atom. The van der Waals surface area contributed by atoms with Crippen molar-refractivity contribution in [2.45, 2.75) is 26.7 Å². The maximum atomic E-state index is 10.9. The molecule has 0 aliphatic carbocycles. The molecule has 0 aliphatic heterocycles. The van der Waals surface area contributed by atoms with Gasteiger partial charge in [-0.1, -0.05) is 13.8 Å². The fourth-order valence-corrected chi connectivity index (χ4v) is 2.22. The molecule has 84 valence electrons. The number of ether oxygens (including phenoxy) is 1. The first-order valence-electron chi connectivity index (χ1n) is 5.00. The van der Waals surface area contributed by atoms with Gasteiger partial charge in [-0.3, -0.25) is 4.79 Å². The number of anilines is 1. The summed E-state index contributed by atoms with van der Waals surface area (Å²) in [7, 11) is 1.38. The first-order chi connectivity index (χ1) is 7.21. The summed E-state index contributed by atoms with van der Waals surface area (Å²) in [6.07, 6.45) is 1.92. The van der Waals surface area contributed by atoms with Crippen molar-refractivity contribution in [3.63, 3.8) is 0 Å². The van der Waals surface area contributed by atoms with Crippen LogP contribution in [0.5, 0.6) is 0 Å². The molecule has 0 saturated heterocycles. The number of carbonyl (C=O) groups excluding carboxylic acids is 1. The van der Waals surface area contributed by atoms with E-state index in [9.17, 15) is 4.79 Å². The first-order valence-corrected chi connectivity index (χ1v) is 5.82. The second-order valence-corrected chi connectivity index (χ2v) is 4.11. The third-order valence-corrected chi connectivity index (χ3v) is 3.25. The minimum atomic E-state index is -0.277. The molecule has 1 N–H and O–H groups in total. The van der Waals surface area contributed by atoms with Crippen molar-refractivity contribution in [2.24, 2.45) is 0 Å². The predicted molar refractivity (Wildman–Crippen MR) is 61.4 cm³/mol. The zero-order chi connectivity index (χ0) is 11.3. The summed E-state index contributed by atoms with van der Waals surface area (Å²) >= 11 is 1.61. The topological polar surface area (TPSA) is 51.2 Å². The molecule has 0 aliphatic rings. The summed E-state index contributed by atoms with van der Waals surface area (Å²) in [5.41, 5.74) is 1.12. The lowest BCUT2D eigenvalue weighted by atomic mass is 10.2. The minimum Gasteiger partial charge on any atom is -0.468 e. The van der Waals surface area contributed by atoms with Crippen LogP contribution in [0.3, 0.4) is 0 Å². The van der Waals surface area contributed by atoms with Gasteiger partial charge in [0.25, 0.3) is 0 Å². The van der Waals surface area contributed by atoms with Crippen molar-refractivity contribution in [3.05, 3.63) is 10.6 Å². The van der Waals surface area contributed by atoms with Crippen LogP contribution >= 0.6 is 11.3 Å². The lowest BCUT2D eigenvalue weighted by Gasteiger charge is -1.99. The smallest absolute Gasteiger partial charge is 0.325 e. The third-order valence-electron chi connectivity index (χ3n) is 2.05. The van der Waals surface area contributed by atoms with Crippen LogP contribution in [0.2, 0.25) is 0 Å². The van der Waals surface area contributed by atoms with E-state index < -0.39 is 0 Å². The van der Waals surface area contributed by atoms with Gasteiger partial charge in [-0.2, -0.15) is 0 Å². The van der Waals surface area contributed by atoms with Crippen LogP contribution in [0.25, 0.3) is 0 Å². The molecule has 4 nitrogen and oxygen atoms in total.